The molecule has 1 saturated heterocycles. The van der Waals surface area contributed by atoms with Gasteiger partial charge in [0.2, 0.25) is 0 Å². The zero-order valence-corrected chi connectivity index (χ0v) is 21.3. The lowest BCUT2D eigenvalue weighted by Crippen LogP contribution is -2.29. The fourth-order valence-electron chi connectivity index (χ4n) is 4.10. The second-order valence-corrected chi connectivity index (χ2v) is 9.35. The Bertz CT molecular complexity index is 1340. The zero-order valence-electron chi connectivity index (χ0n) is 20.5. The lowest BCUT2D eigenvalue weighted by Gasteiger charge is -2.24. The SMILES string of the molecule is CCN1CCCCC1.Cc1cn(-c2ccc(Cc3nc4cc(N)c(Cl)cc4c(=O)[nH]3)cn2)nc1C. The fraction of sp³-hybridized carbons (Fsp3) is 0.385. The van der Waals surface area contributed by atoms with Crippen LogP contribution in [0, 0.1) is 13.8 Å². The summed E-state index contributed by atoms with van der Waals surface area (Å²) in [4.78, 5) is 26.6. The van der Waals surface area contributed by atoms with E-state index in [1.165, 1.54) is 45.0 Å². The molecular weight excluding hydrogens is 462 g/mol. The van der Waals surface area contributed by atoms with E-state index in [1.807, 2.05) is 32.2 Å². The van der Waals surface area contributed by atoms with Gasteiger partial charge in [-0.3, -0.25) is 4.79 Å². The first kappa shape index (κ1) is 24.9. The van der Waals surface area contributed by atoms with Crippen molar-refractivity contribution < 1.29 is 0 Å². The second-order valence-electron chi connectivity index (χ2n) is 8.94. The van der Waals surface area contributed by atoms with Crippen LogP contribution in [-0.4, -0.2) is 49.3 Å². The largest absolute Gasteiger partial charge is 0.397 e. The van der Waals surface area contributed by atoms with Crippen molar-refractivity contribution >= 4 is 28.2 Å². The monoisotopic (exact) mass is 493 g/mol. The Kier molecular flexibility index (Phi) is 7.83. The molecule has 0 amide bonds. The topological polar surface area (TPSA) is 106 Å². The molecule has 184 valence electrons. The maximum absolute atomic E-state index is 12.3. The molecule has 9 heteroatoms. The normalized spacial score (nSPS) is 14.1. The molecule has 0 bridgehead atoms. The van der Waals surface area contributed by atoms with Gasteiger partial charge in [0, 0.05) is 18.8 Å². The average Bonchev–Trinajstić information content (AvgIpc) is 3.20. The van der Waals surface area contributed by atoms with Gasteiger partial charge in [-0.05, 0) is 75.6 Å². The van der Waals surface area contributed by atoms with Gasteiger partial charge in [-0.1, -0.05) is 31.0 Å². The van der Waals surface area contributed by atoms with Gasteiger partial charge in [0.05, 0.1) is 27.3 Å². The van der Waals surface area contributed by atoms with Crippen molar-refractivity contribution in [2.45, 2.75) is 46.5 Å². The molecule has 8 nitrogen and oxygen atoms in total. The van der Waals surface area contributed by atoms with Crippen LogP contribution in [-0.2, 0) is 6.42 Å². The molecule has 1 aromatic carbocycles. The Hall–Kier alpha value is -3.23. The summed E-state index contributed by atoms with van der Waals surface area (Å²) in [6, 6.07) is 6.97. The van der Waals surface area contributed by atoms with E-state index in [4.69, 9.17) is 17.3 Å². The molecule has 1 aliphatic heterocycles. The number of rotatable bonds is 4. The molecule has 0 spiro atoms. The Morgan fingerprint density at radius 1 is 1.14 bits per heavy atom. The predicted molar refractivity (Wildman–Crippen MR) is 141 cm³/mol. The minimum atomic E-state index is -0.246. The van der Waals surface area contributed by atoms with Gasteiger partial charge < -0.3 is 15.6 Å². The third kappa shape index (κ3) is 6.07. The Morgan fingerprint density at radius 3 is 2.51 bits per heavy atom. The first-order valence-electron chi connectivity index (χ1n) is 12.0. The molecule has 3 aromatic heterocycles. The average molecular weight is 494 g/mol. The number of halogens is 1. The third-order valence-electron chi connectivity index (χ3n) is 6.33. The van der Waals surface area contributed by atoms with Gasteiger partial charge in [-0.15, -0.1) is 0 Å². The second kappa shape index (κ2) is 11.0. The van der Waals surface area contributed by atoms with Gasteiger partial charge in [-0.25, -0.2) is 14.6 Å². The quantitative estimate of drug-likeness (QED) is 0.407. The van der Waals surface area contributed by atoms with Crippen molar-refractivity contribution in [2.24, 2.45) is 0 Å². The highest BCUT2D eigenvalue weighted by Gasteiger charge is 2.09. The molecule has 0 saturated carbocycles. The molecule has 3 N–H and O–H groups in total. The van der Waals surface area contributed by atoms with Crippen LogP contribution < -0.4 is 11.3 Å². The number of aryl methyl sites for hydroxylation is 2. The number of benzene rings is 1. The molecule has 1 aliphatic rings. The van der Waals surface area contributed by atoms with Crippen LogP contribution >= 0.6 is 11.6 Å². The maximum atomic E-state index is 12.3. The molecule has 0 atom stereocenters. The smallest absolute Gasteiger partial charge is 0.258 e. The van der Waals surface area contributed by atoms with Crippen LogP contribution in [0.5, 0.6) is 0 Å². The van der Waals surface area contributed by atoms with Gasteiger partial charge in [-0.2, -0.15) is 5.10 Å². The van der Waals surface area contributed by atoms with Gasteiger partial charge in [0.25, 0.3) is 5.56 Å². The first-order valence-corrected chi connectivity index (χ1v) is 12.4. The summed E-state index contributed by atoms with van der Waals surface area (Å²) in [5.41, 5.74) is 9.48. The summed E-state index contributed by atoms with van der Waals surface area (Å²) in [5.74, 6) is 1.27. The molecule has 4 heterocycles. The summed E-state index contributed by atoms with van der Waals surface area (Å²) >= 11 is 5.98. The number of aromatic amines is 1. The summed E-state index contributed by atoms with van der Waals surface area (Å²) in [6.45, 7) is 10.1. The minimum absolute atomic E-state index is 0.246. The molecule has 5 rings (SSSR count). The summed E-state index contributed by atoms with van der Waals surface area (Å²) in [7, 11) is 0. The molecule has 1 fully saturated rings. The summed E-state index contributed by atoms with van der Waals surface area (Å²) < 4.78 is 1.75. The van der Waals surface area contributed by atoms with E-state index in [-0.39, 0.29) is 5.56 Å². The van der Waals surface area contributed by atoms with E-state index < -0.39 is 0 Å². The van der Waals surface area contributed by atoms with Gasteiger partial charge >= 0.3 is 0 Å². The first-order chi connectivity index (χ1) is 16.8. The number of anilines is 1. The van der Waals surface area contributed by atoms with Crippen LogP contribution in [0.3, 0.4) is 0 Å². The van der Waals surface area contributed by atoms with Gasteiger partial charge in [0.15, 0.2) is 5.82 Å². The van der Waals surface area contributed by atoms with Crippen molar-refractivity contribution in [3.63, 3.8) is 0 Å². The number of hydrogen-bond acceptors (Lipinski definition) is 6. The standard InChI is InChI=1S/C19H17ClN6O.C7H15N/c1-10-9-26(25-11(10)2)18-4-3-12(8-22-18)5-17-23-16-7-15(21)14(20)6-13(16)19(27)24-17;1-2-8-6-4-3-5-7-8/h3-4,6-9H,5,21H2,1-2H3,(H,23,24,27);2-7H2,1H3. The van der Waals surface area contributed by atoms with Gasteiger partial charge in [0.1, 0.15) is 5.82 Å². The number of fused-ring (bicyclic) bond motifs is 1. The van der Waals surface area contributed by atoms with E-state index in [0.717, 1.165) is 22.6 Å². The van der Waals surface area contributed by atoms with Crippen LogP contribution in [0.1, 0.15) is 48.8 Å². The lowest BCUT2D eigenvalue weighted by molar-refractivity contribution is 0.240. The van der Waals surface area contributed by atoms with Crippen molar-refractivity contribution in [3.05, 3.63) is 74.7 Å². The van der Waals surface area contributed by atoms with Crippen molar-refractivity contribution in [1.82, 2.24) is 29.6 Å². The molecule has 35 heavy (non-hydrogen) atoms. The summed E-state index contributed by atoms with van der Waals surface area (Å²) in [6.07, 6.45) is 8.44. The number of hydrogen-bond donors (Lipinski definition) is 2. The maximum Gasteiger partial charge on any atom is 0.258 e. The van der Waals surface area contributed by atoms with Crippen LogP contribution in [0.4, 0.5) is 5.69 Å². The van der Waals surface area contributed by atoms with Crippen LogP contribution in [0.25, 0.3) is 16.7 Å². The van der Waals surface area contributed by atoms with E-state index in [0.29, 0.717) is 33.9 Å². The van der Waals surface area contributed by atoms with E-state index in [1.54, 1.807) is 16.9 Å². The van der Waals surface area contributed by atoms with E-state index in [9.17, 15) is 4.79 Å². The highest BCUT2D eigenvalue weighted by atomic mass is 35.5. The Morgan fingerprint density at radius 2 is 1.91 bits per heavy atom. The third-order valence-corrected chi connectivity index (χ3v) is 6.66. The number of piperidine rings is 1. The zero-order chi connectivity index (χ0) is 24.9. The molecule has 0 unspecified atom stereocenters. The van der Waals surface area contributed by atoms with Crippen molar-refractivity contribution in [2.75, 3.05) is 25.4 Å². The minimum Gasteiger partial charge on any atom is -0.397 e. The molecule has 0 radical (unpaired) electrons. The van der Waals surface area contributed by atoms with Crippen LogP contribution in [0.2, 0.25) is 5.02 Å². The molecular formula is C26H32ClN7O. The number of nitrogens with one attached hydrogen (secondary N) is 1. The molecule has 4 aromatic rings. The number of nitrogens with two attached hydrogens (primary N) is 1. The van der Waals surface area contributed by atoms with E-state index in [2.05, 4.69) is 31.9 Å². The lowest BCUT2D eigenvalue weighted by atomic mass is 10.1. The summed E-state index contributed by atoms with van der Waals surface area (Å²) in [5, 5.41) is 5.18. The highest BCUT2D eigenvalue weighted by molar-refractivity contribution is 6.33. The van der Waals surface area contributed by atoms with E-state index >= 15 is 0 Å². The van der Waals surface area contributed by atoms with Crippen LogP contribution in [0.15, 0.2) is 41.5 Å². The Labute approximate surface area is 210 Å². The number of likely N-dealkylation sites (tertiary alicyclic amines) is 1. The number of nitrogens with zero attached hydrogens (tertiary/aromatic N) is 5. The van der Waals surface area contributed by atoms with Crippen molar-refractivity contribution in [1.29, 1.82) is 0 Å². The number of pyridine rings is 1. The molecule has 0 aliphatic carbocycles. The fourth-order valence-corrected chi connectivity index (χ4v) is 4.26. The number of nitrogen functional groups attached to an aromatic ring is 1. The highest BCUT2D eigenvalue weighted by Crippen LogP contribution is 2.23. The Balaban J connectivity index is 0.000000308. The number of aromatic nitrogens is 5. The number of H-pyrrole nitrogens is 1. The predicted octanol–water partition coefficient (Wildman–Crippen LogP) is 4.44. The van der Waals surface area contributed by atoms with Crippen molar-refractivity contribution in [3.8, 4) is 5.82 Å².